The van der Waals surface area contributed by atoms with Crippen LogP contribution in [0, 0.1) is 18.8 Å². The van der Waals surface area contributed by atoms with Crippen LogP contribution >= 0.6 is 0 Å². The molecule has 1 heterocycles. The normalized spacial score (nSPS) is 17.7. The van der Waals surface area contributed by atoms with Gasteiger partial charge in [-0.05, 0) is 43.9 Å². The summed E-state index contributed by atoms with van der Waals surface area (Å²) in [6, 6.07) is 5.67. The summed E-state index contributed by atoms with van der Waals surface area (Å²) in [6.07, 6.45) is 3.54. The van der Waals surface area contributed by atoms with Crippen molar-refractivity contribution in [2.24, 2.45) is 0 Å². The van der Waals surface area contributed by atoms with Crippen molar-refractivity contribution in [2.45, 2.75) is 38.7 Å². The minimum absolute atomic E-state index is 0.0242. The Morgan fingerprint density at radius 2 is 2.33 bits per heavy atom. The maximum Gasteiger partial charge on any atom is 0.227 e. The molecule has 2 N–H and O–H groups in total. The van der Waals surface area contributed by atoms with Gasteiger partial charge < -0.3 is 15.2 Å². The zero-order valence-electron chi connectivity index (χ0n) is 12.3. The van der Waals surface area contributed by atoms with E-state index >= 15 is 0 Å². The predicted molar refractivity (Wildman–Crippen MR) is 82.0 cm³/mol. The van der Waals surface area contributed by atoms with Gasteiger partial charge in [0.15, 0.2) is 0 Å². The van der Waals surface area contributed by atoms with Gasteiger partial charge in [-0.25, -0.2) is 0 Å². The van der Waals surface area contributed by atoms with E-state index < -0.39 is 0 Å². The molecule has 1 saturated heterocycles. The fraction of sp³-hybridized carbons (Fsp3) is 0.471. The van der Waals surface area contributed by atoms with Gasteiger partial charge in [0.1, 0.15) is 6.61 Å². The average Bonchev–Trinajstić information content (AvgIpc) is 2.48. The highest BCUT2D eigenvalue weighted by Crippen LogP contribution is 2.19. The van der Waals surface area contributed by atoms with Crippen molar-refractivity contribution in [3.63, 3.8) is 0 Å². The molecule has 1 aromatic rings. The maximum absolute atomic E-state index is 12.1. The van der Waals surface area contributed by atoms with Crippen molar-refractivity contribution in [2.75, 3.05) is 18.5 Å². The van der Waals surface area contributed by atoms with Gasteiger partial charge >= 0.3 is 0 Å². The summed E-state index contributed by atoms with van der Waals surface area (Å²) in [5.41, 5.74) is 2.47. The second kappa shape index (κ2) is 7.82. The molecule has 1 amide bonds. The third kappa shape index (κ3) is 4.89. The van der Waals surface area contributed by atoms with Gasteiger partial charge in [0.2, 0.25) is 5.91 Å². The van der Waals surface area contributed by atoms with Crippen LogP contribution in [-0.2, 0) is 9.53 Å². The Kier molecular flexibility index (Phi) is 5.79. The third-order valence-corrected chi connectivity index (χ3v) is 3.44. The number of aliphatic hydroxyl groups is 1. The fourth-order valence-electron chi connectivity index (χ4n) is 2.38. The number of hydrogen-bond acceptors (Lipinski definition) is 3. The molecule has 21 heavy (non-hydrogen) atoms. The first-order chi connectivity index (χ1) is 10.2. The molecule has 1 unspecified atom stereocenters. The number of nitrogens with one attached hydrogen (secondary N) is 1. The van der Waals surface area contributed by atoms with Gasteiger partial charge in [0.25, 0.3) is 0 Å². The van der Waals surface area contributed by atoms with Crippen LogP contribution in [0.15, 0.2) is 18.2 Å². The summed E-state index contributed by atoms with van der Waals surface area (Å²) in [6.45, 7) is 2.51. The van der Waals surface area contributed by atoms with Gasteiger partial charge in [0, 0.05) is 12.2 Å². The van der Waals surface area contributed by atoms with E-state index in [2.05, 4.69) is 17.2 Å². The molecule has 0 saturated carbocycles. The molecule has 0 aromatic heterocycles. The Morgan fingerprint density at radius 1 is 1.48 bits per heavy atom. The van der Waals surface area contributed by atoms with Crippen LogP contribution in [0.3, 0.4) is 0 Å². The SMILES string of the molecule is Cc1ccc(NC(=O)CC2CCCCO2)c(C#CCO)c1. The smallest absolute Gasteiger partial charge is 0.227 e. The first kappa shape index (κ1) is 15.6. The van der Waals surface area contributed by atoms with E-state index in [4.69, 9.17) is 9.84 Å². The summed E-state index contributed by atoms with van der Waals surface area (Å²) >= 11 is 0. The molecule has 0 bridgehead atoms. The molecule has 1 fully saturated rings. The lowest BCUT2D eigenvalue weighted by atomic mass is 10.1. The third-order valence-electron chi connectivity index (χ3n) is 3.44. The largest absolute Gasteiger partial charge is 0.384 e. The highest BCUT2D eigenvalue weighted by atomic mass is 16.5. The van der Waals surface area contributed by atoms with Crippen LogP contribution in [-0.4, -0.2) is 30.3 Å². The highest BCUT2D eigenvalue weighted by molar-refractivity contribution is 5.92. The monoisotopic (exact) mass is 287 g/mol. The number of aryl methyl sites for hydroxylation is 1. The topological polar surface area (TPSA) is 58.6 Å². The van der Waals surface area contributed by atoms with Crippen LogP contribution < -0.4 is 5.32 Å². The number of carbonyl (C=O) groups is 1. The molecule has 1 atom stereocenters. The Balaban J connectivity index is 2.02. The van der Waals surface area contributed by atoms with Crippen LogP contribution in [0.1, 0.15) is 36.8 Å². The summed E-state index contributed by atoms with van der Waals surface area (Å²) in [7, 11) is 0. The zero-order chi connectivity index (χ0) is 15.1. The maximum atomic E-state index is 12.1. The molecule has 1 aromatic carbocycles. The van der Waals surface area contributed by atoms with Crippen molar-refractivity contribution in [1.29, 1.82) is 0 Å². The van der Waals surface area contributed by atoms with E-state index in [1.165, 1.54) is 0 Å². The average molecular weight is 287 g/mol. The molecule has 112 valence electrons. The molecule has 1 aliphatic rings. The summed E-state index contributed by atoms with van der Waals surface area (Å²) in [4.78, 5) is 12.1. The van der Waals surface area contributed by atoms with Gasteiger partial charge in [-0.15, -0.1) is 0 Å². The van der Waals surface area contributed by atoms with Crippen molar-refractivity contribution in [3.8, 4) is 11.8 Å². The molecule has 0 spiro atoms. The molecule has 4 heteroatoms. The predicted octanol–water partition coefficient (Wildman–Crippen LogP) is 2.24. The van der Waals surface area contributed by atoms with E-state index in [1.54, 1.807) is 0 Å². The van der Waals surface area contributed by atoms with E-state index in [1.807, 2.05) is 25.1 Å². The molecule has 0 aliphatic carbocycles. The Bertz CT molecular complexity index is 551. The number of carbonyl (C=O) groups excluding carboxylic acids is 1. The first-order valence-corrected chi connectivity index (χ1v) is 7.31. The fourth-order valence-corrected chi connectivity index (χ4v) is 2.38. The molecular weight excluding hydrogens is 266 g/mol. The van der Waals surface area contributed by atoms with Crippen molar-refractivity contribution in [1.82, 2.24) is 0 Å². The minimum atomic E-state index is -0.197. The van der Waals surface area contributed by atoms with E-state index in [-0.39, 0.29) is 18.6 Å². The quantitative estimate of drug-likeness (QED) is 0.838. The van der Waals surface area contributed by atoms with Crippen molar-refractivity contribution < 1.29 is 14.6 Å². The number of amides is 1. The molecular formula is C17H21NO3. The van der Waals surface area contributed by atoms with E-state index in [0.29, 0.717) is 12.1 Å². The highest BCUT2D eigenvalue weighted by Gasteiger charge is 2.18. The lowest BCUT2D eigenvalue weighted by Gasteiger charge is -2.22. The van der Waals surface area contributed by atoms with E-state index in [9.17, 15) is 4.79 Å². The lowest BCUT2D eigenvalue weighted by molar-refractivity contribution is -0.119. The summed E-state index contributed by atoms with van der Waals surface area (Å²) in [5, 5.41) is 11.7. The number of aliphatic hydroxyl groups excluding tert-OH is 1. The standard InChI is InChI=1S/C17H21NO3/c1-13-7-8-16(14(11-13)5-4-9-19)18-17(20)12-15-6-2-3-10-21-15/h7-8,11,15,19H,2-3,6,9-10,12H2,1H3,(H,18,20). The van der Waals surface area contributed by atoms with Crippen LogP contribution in [0.4, 0.5) is 5.69 Å². The molecule has 4 nitrogen and oxygen atoms in total. The Labute approximate surface area is 125 Å². The number of anilines is 1. The Hall–Kier alpha value is -1.83. The second-order valence-electron chi connectivity index (χ2n) is 5.25. The Morgan fingerprint density at radius 3 is 3.05 bits per heavy atom. The summed E-state index contributed by atoms with van der Waals surface area (Å²) in [5.74, 6) is 5.43. The van der Waals surface area contributed by atoms with Crippen molar-refractivity contribution in [3.05, 3.63) is 29.3 Å². The minimum Gasteiger partial charge on any atom is -0.384 e. The van der Waals surface area contributed by atoms with Crippen LogP contribution in [0.5, 0.6) is 0 Å². The van der Waals surface area contributed by atoms with E-state index in [0.717, 1.165) is 37.0 Å². The number of hydrogen-bond donors (Lipinski definition) is 2. The van der Waals surface area contributed by atoms with Crippen LogP contribution in [0.25, 0.3) is 0 Å². The number of rotatable bonds is 3. The second-order valence-corrected chi connectivity index (χ2v) is 5.25. The number of benzene rings is 1. The van der Waals surface area contributed by atoms with Gasteiger partial charge in [-0.2, -0.15) is 0 Å². The molecule has 1 aliphatic heterocycles. The lowest BCUT2D eigenvalue weighted by Crippen LogP contribution is -2.25. The van der Waals surface area contributed by atoms with Gasteiger partial charge in [-0.1, -0.05) is 17.9 Å². The first-order valence-electron chi connectivity index (χ1n) is 7.31. The van der Waals surface area contributed by atoms with Gasteiger partial charge in [-0.3, -0.25) is 4.79 Å². The molecule has 2 rings (SSSR count). The molecule has 0 radical (unpaired) electrons. The van der Waals surface area contributed by atoms with Crippen molar-refractivity contribution >= 4 is 11.6 Å². The van der Waals surface area contributed by atoms with Gasteiger partial charge in [0.05, 0.1) is 18.2 Å². The van der Waals surface area contributed by atoms with Crippen LogP contribution in [0.2, 0.25) is 0 Å². The number of ether oxygens (including phenoxy) is 1. The summed E-state index contributed by atoms with van der Waals surface area (Å²) < 4.78 is 5.58. The zero-order valence-corrected chi connectivity index (χ0v) is 12.3.